The number of hydrogen-bond donors (Lipinski definition) is 1. The molecule has 0 spiro atoms. The van der Waals surface area contributed by atoms with Gasteiger partial charge in [-0.3, -0.25) is 10.1 Å². The fourth-order valence-corrected chi connectivity index (χ4v) is 2.98. The first-order valence-electron chi connectivity index (χ1n) is 5.88. The predicted molar refractivity (Wildman–Crippen MR) is 74.4 cm³/mol. The van der Waals surface area contributed by atoms with E-state index in [-0.39, 0.29) is 5.69 Å². The molecule has 7 heteroatoms. The van der Waals surface area contributed by atoms with Gasteiger partial charge >= 0.3 is 0 Å². The Kier molecular flexibility index (Phi) is 2.78. The van der Waals surface area contributed by atoms with Crippen LogP contribution in [0, 0.1) is 10.1 Å². The monoisotopic (exact) mass is 322 g/mol. The van der Waals surface area contributed by atoms with Crippen molar-refractivity contribution in [1.29, 1.82) is 0 Å². The maximum atomic E-state index is 10.7. The molecule has 0 amide bonds. The number of nitrogens with two attached hydrogens (primary N) is 1. The highest BCUT2D eigenvalue weighted by atomic mass is 79.9. The smallest absolute Gasteiger partial charge is 0.270 e. The van der Waals surface area contributed by atoms with Crippen molar-refractivity contribution in [2.45, 2.75) is 19.3 Å². The third-order valence-electron chi connectivity index (χ3n) is 3.33. The number of nitrogens with zero attached hydrogens (tertiary/aromatic N) is 3. The van der Waals surface area contributed by atoms with Crippen LogP contribution in [0.5, 0.6) is 0 Å². The molecule has 1 aromatic carbocycles. The number of aromatic nitrogens is 2. The molecule has 19 heavy (non-hydrogen) atoms. The van der Waals surface area contributed by atoms with Crippen molar-refractivity contribution in [2.24, 2.45) is 0 Å². The summed E-state index contributed by atoms with van der Waals surface area (Å²) in [5, 5.41) is 15.1. The third kappa shape index (κ3) is 1.90. The molecular formula is C12H11BrN4O2. The minimum absolute atomic E-state index is 0.0485. The van der Waals surface area contributed by atoms with E-state index in [1.54, 1.807) is 10.7 Å². The second kappa shape index (κ2) is 4.34. The Morgan fingerprint density at radius 2 is 2.21 bits per heavy atom. The minimum atomic E-state index is -0.420. The first-order chi connectivity index (χ1) is 9.08. The molecule has 1 aliphatic carbocycles. The number of benzene rings is 1. The second-order valence-electron chi connectivity index (χ2n) is 4.47. The van der Waals surface area contributed by atoms with Gasteiger partial charge in [-0.2, -0.15) is 5.10 Å². The number of fused-ring (bicyclic) bond motifs is 1. The average molecular weight is 323 g/mol. The summed E-state index contributed by atoms with van der Waals surface area (Å²) >= 11 is 3.36. The predicted octanol–water partition coefficient (Wildman–Crippen LogP) is 2.61. The van der Waals surface area contributed by atoms with Crippen molar-refractivity contribution in [1.82, 2.24) is 9.78 Å². The molecule has 2 aromatic rings. The molecule has 6 nitrogen and oxygen atoms in total. The number of non-ortho nitro benzene ring substituents is 1. The van der Waals surface area contributed by atoms with Gasteiger partial charge in [0.1, 0.15) is 5.82 Å². The number of hydrogen-bond acceptors (Lipinski definition) is 4. The molecule has 2 N–H and O–H groups in total. The summed E-state index contributed by atoms with van der Waals surface area (Å²) in [7, 11) is 0. The van der Waals surface area contributed by atoms with E-state index in [2.05, 4.69) is 21.0 Å². The van der Waals surface area contributed by atoms with E-state index in [4.69, 9.17) is 5.73 Å². The zero-order valence-electron chi connectivity index (χ0n) is 9.97. The Bertz CT molecular complexity index is 681. The standard InChI is InChI=1S/C12H11BrN4O2/c13-9-6-7(17(18)19)4-5-11(9)16-10-3-1-2-8(10)12(14)15-16/h4-6H,1-3H2,(H2,14,15). The highest BCUT2D eigenvalue weighted by molar-refractivity contribution is 9.10. The highest BCUT2D eigenvalue weighted by Gasteiger charge is 2.23. The normalized spacial score (nSPS) is 13.5. The molecule has 0 fully saturated rings. The molecule has 0 atom stereocenters. The van der Waals surface area contributed by atoms with Crippen LogP contribution in [0.15, 0.2) is 22.7 Å². The van der Waals surface area contributed by atoms with Crippen LogP contribution < -0.4 is 5.73 Å². The molecule has 0 saturated heterocycles. The molecule has 1 heterocycles. The van der Waals surface area contributed by atoms with Crippen LogP contribution >= 0.6 is 15.9 Å². The van der Waals surface area contributed by atoms with Crippen molar-refractivity contribution in [3.05, 3.63) is 44.0 Å². The van der Waals surface area contributed by atoms with Crippen LogP contribution in [0.4, 0.5) is 11.5 Å². The van der Waals surface area contributed by atoms with Crippen LogP contribution in [0.25, 0.3) is 5.69 Å². The zero-order valence-corrected chi connectivity index (χ0v) is 11.6. The number of anilines is 1. The fraction of sp³-hybridized carbons (Fsp3) is 0.250. The quantitative estimate of drug-likeness (QED) is 0.680. The number of nitro benzene ring substituents is 1. The maximum absolute atomic E-state index is 10.7. The van der Waals surface area contributed by atoms with Gasteiger partial charge in [-0.05, 0) is 41.3 Å². The van der Waals surface area contributed by atoms with Gasteiger partial charge in [0.15, 0.2) is 0 Å². The molecule has 1 aromatic heterocycles. The summed E-state index contributed by atoms with van der Waals surface area (Å²) in [4.78, 5) is 10.3. The van der Waals surface area contributed by atoms with Crippen molar-refractivity contribution < 1.29 is 4.92 Å². The number of rotatable bonds is 2. The lowest BCUT2D eigenvalue weighted by molar-refractivity contribution is -0.384. The number of nitrogen functional groups attached to an aromatic ring is 1. The lowest BCUT2D eigenvalue weighted by Crippen LogP contribution is -2.03. The van der Waals surface area contributed by atoms with Gasteiger partial charge in [0.25, 0.3) is 5.69 Å². The summed E-state index contributed by atoms with van der Waals surface area (Å²) in [6, 6.07) is 4.64. The van der Waals surface area contributed by atoms with Gasteiger partial charge in [-0.1, -0.05) is 0 Å². The summed E-state index contributed by atoms with van der Waals surface area (Å²) in [5.41, 5.74) is 8.94. The first-order valence-corrected chi connectivity index (χ1v) is 6.68. The van der Waals surface area contributed by atoms with Gasteiger partial charge in [0.2, 0.25) is 0 Å². The van der Waals surface area contributed by atoms with Gasteiger partial charge in [-0.25, -0.2) is 4.68 Å². The van der Waals surface area contributed by atoms with Gasteiger partial charge in [0.05, 0.1) is 15.1 Å². The molecule has 0 bridgehead atoms. The number of nitro groups is 1. The van der Waals surface area contributed by atoms with Gasteiger partial charge < -0.3 is 5.73 Å². The molecule has 98 valence electrons. The van der Waals surface area contributed by atoms with Crippen LogP contribution in [-0.2, 0) is 12.8 Å². The highest BCUT2D eigenvalue weighted by Crippen LogP contribution is 2.32. The van der Waals surface area contributed by atoms with Crippen LogP contribution in [-0.4, -0.2) is 14.7 Å². The van der Waals surface area contributed by atoms with E-state index in [1.807, 2.05) is 0 Å². The molecule has 0 radical (unpaired) electrons. The Balaban J connectivity index is 2.13. The van der Waals surface area contributed by atoms with Crippen molar-refractivity contribution in [3.8, 4) is 5.69 Å². The summed E-state index contributed by atoms with van der Waals surface area (Å²) in [6.07, 6.45) is 2.96. The lowest BCUT2D eigenvalue weighted by Gasteiger charge is -2.07. The van der Waals surface area contributed by atoms with Crippen molar-refractivity contribution in [3.63, 3.8) is 0 Å². The van der Waals surface area contributed by atoms with E-state index in [9.17, 15) is 10.1 Å². The Hall–Kier alpha value is -1.89. The Labute approximate surface area is 117 Å². The van der Waals surface area contributed by atoms with E-state index >= 15 is 0 Å². The molecular weight excluding hydrogens is 312 g/mol. The fourth-order valence-electron chi connectivity index (χ4n) is 2.45. The SMILES string of the molecule is Nc1nn(-c2ccc([N+](=O)[O-])cc2Br)c2c1CCC2. The summed E-state index contributed by atoms with van der Waals surface area (Å²) in [6.45, 7) is 0. The van der Waals surface area contributed by atoms with E-state index in [1.165, 1.54) is 12.1 Å². The minimum Gasteiger partial charge on any atom is -0.382 e. The molecule has 1 aliphatic rings. The van der Waals surface area contributed by atoms with Gasteiger partial charge in [0, 0.05) is 23.4 Å². The summed E-state index contributed by atoms with van der Waals surface area (Å²) in [5.74, 6) is 0.553. The van der Waals surface area contributed by atoms with Crippen molar-refractivity contribution in [2.75, 3.05) is 5.73 Å². The maximum Gasteiger partial charge on any atom is 0.270 e. The van der Waals surface area contributed by atoms with Crippen LogP contribution in [0.3, 0.4) is 0 Å². The van der Waals surface area contributed by atoms with Crippen LogP contribution in [0.2, 0.25) is 0 Å². The van der Waals surface area contributed by atoms with E-state index in [0.717, 1.165) is 36.2 Å². The zero-order chi connectivity index (χ0) is 13.6. The third-order valence-corrected chi connectivity index (χ3v) is 3.97. The van der Waals surface area contributed by atoms with Gasteiger partial charge in [-0.15, -0.1) is 0 Å². The largest absolute Gasteiger partial charge is 0.382 e. The van der Waals surface area contributed by atoms with Crippen LogP contribution in [0.1, 0.15) is 17.7 Å². The number of halogens is 1. The molecule has 3 rings (SSSR count). The Morgan fingerprint density at radius 3 is 2.89 bits per heavy atom. The second-order valence-corrected chi connectivity index (χ2v) is 5.32. The molecule has 0 unspecified atom stereocenters. The molecule has 0 aliphatic heterocycles. The first kappa shape index (κ1) is 12.2. The Morgan fingerprint density at radius 1 is 1.42 bits per heavy atom. The van der Waals surface area contributed by atoms with Crippen molar-refractivity contribution >= 4 is 27.4 Å². The topological polar surface area (TPSA) is 87.0 Å². The van der Waals surface area contributed by atoms with E-state index < -0.39 is 4.92 Å². The van der Waals surface area contributed by atoms with E-state index in [0.29, 0.717) is 10.3 Å². The molecule has 0 saturated carbocycles. The average Bonchev–Trinajstić information content (AvgIpc) is 2.94. The lowest BCUT2D eigenvalue weighted by atomic mass is 10.2. The summed E-state index contributed by atoms with van der Waals surface area (Å²) < 4.78 is 2.42.